The van der Waals surface area contributed by atoms with Crippen LogP contribution in [-0.4, -0.2) is 27.0 Å². The Morgan fingerprint density at radius 2 is 1.76 bits per heavy atom. The van der Waals surface area contributed by atoms with Crippen LogP contribution in [0.25, 0.3) is 0 Å². The van der Waals surface area contributed by atoms with Gasteiger partial charge in [-0.15, -0.1) is 0 Å². The first-order valence-corrected chi connectivity index (χ1v) is 7.58. The summed E-state index contributed by atoms with van der Waals surface area (Å²) >= 11 is 0. The van der Waals surface area contributed by atoms with Crippen molar-refractivity contribution in [1.82, 2.24) is 5.32 Å². The Labute approximate surface area is 120 Å². The molecule has 118 valence electrons. The number of sulfonamides is 1. The highest BCUT2D eigenvalue weighted by atomic mass is 32.2. The number of halogens is 3. The second-order valence-corrected chi connectivity index (χ2v) is 6.00. The van der Waals surface area contributed by atoms with Crippen LogP contribution in [0.15, 0.2) is 29.2 Å². The molecule has 0 spiro atoms. The number of carbonyl (C=O) groups is 1. The first-order chi connectivity index (χ1) is 9.58. The SMILES string of the molecule is NS(=O)(=O)c1ccc(CCCNC(=O)CC(F)(F)F)cc1. The molecule has 1 aromatic rings. The van der Waals surface area contributed by atoms with Gasteiger partial charge in [0, 0.05) is 6.54 Å². The van der Waals surface area contributed by atoms with Crippen molar-refractivity contribution in [3.05, 3.63) is 29.8 Å². The number of nitrogens with two attached hydrogens (primary N) is 1. The second-order valence-electron chi connectivity index (χ2n) is 4.43. The third-order valence-electron chi connectivity index (χ3n) is 2.58. The number of rotatable bonds is 6. The smallest absolute Gasteiger partial charge is 0.356 e. The summed E-state index contributed by atoms with van der Waals surface area (Å²) in [5, 5.41) is 7.12. The van der Waals surface area contributed by atoms with Crippen LogP contribution in [0, 0.1) is 0 Å². The lowest BCUT2D eigenvalue weighted by Gasteiger charge is -2.08. The molecular weight excluding hydrogens is 309 g/mol. The maximum Gasteiger partial charge on any atom is 0.397 e. The van der Waals surface area contributed by atoms with Gasteiger partial charge in [-0.2, -0.15) is 13.2 Å². The summed E-state index contributed by atoms with van der Waals surface area (Å²) < 4.78 is 57.7. The van der Waals surface area contributed by atoms with Crippen molar-refractivity contribution >= 4 is 15.9 Å². The van der Waals surface area contributed by atoms with E-state index in [4.69, 9.17) is 5.14 Å². The zero-order valence-corrected chi connectivity index (χ0v) is 11.8. The maximum absolute atomic E-state index is 11.9. The number of carbonyl (C=O) groups excluding carboxylic acids is 1. The summed E-state index contributed by atoms with van der Waals surface area (Å²) in [4.78, 5) is 10.9. The molecule has 1 rings (SSSR count). The minimum absolute atomic E-state index is 0.00951. The molecule has 0 aliphatic carbocycles. The van der Waals surface area contributed by atoms with Gasteiger partial charge in [-0.1, -0.05) is 12.1 Å². The van der Waals surface area contributed by atoms with Gasteiger partial charge in [0.15, 0.2) is 0 Å². The minimum Gasteiger partial charge on any atom is -0.356 e. The molecule has 5 nitrogen and oxygen atoms in total. The van der Waals surface area contributed by atoms with Crippen molar-refractivity contribution < 1.29 is 26.4 Å². The highest BCUT2D eigenvalue weighted by molar-refractivity contribution is 7.89. The fraction of sp³-hybridized carbons (Fsp3) is 0.417. The average Bonchev–Trinajstić information content (AvgIpc) is 2.32. The Morgan fingerprint density at radius 3 is 2.24 bits per heavy atom. The van der Waals surface area contributed by atoms with Gasteiger partial charge in [0.25, 0.3) is 0 Å². The summed E-state index contributed by atoms with van der Waals surface area (Å²) in [5.41, 5.74) is 0.799. The summed E-state index contributed by atoms with van der Waals surface area (Å²) in [6.07, 6.45) is -5.06. The van der Waals surface area contributed by atoms with E-state index in [1.54, 1.807) is 12.1 Å². The molecule has 1 aromatic carbocycles. The first-order valence-electron chi connectivity index (χ1n) is 6.03. The quantitative estimate of drug-likeness (QED) is 0.774. The normalized spacial score (nSPS) is 12.2. The Balaban J connectivity index is 2.35. The van der Waals surface area contributed by atoms with Gasteiger partial charge in [0.2, 0.25) is 15.9 Å². The topological polar surface area (TPSA) is 89.3 Å². The third kappa shape index (κ3) is 7.09. The van der Waals surface area contributed by atoms with E-state index in [1.807, 2.05) is 0 Å². The van der Waals surface area contributed by atoms with Gasteiger partial charge < -0.3 is 5.32 Å². The Bertz CT molecular complexity index is 583. The molecule has 0 saturated heterocycles. The Morgan fingerprint density at radius 1 is 1.19 bits per heavy atom. The van der Waals surface area contributed by atoms with Crippen molar-refractivity contribution in [2.45, 2.75) is 30.3 Å². The molecule has 0 unspecified atom stereocenters. The van der Waals surface area contributed by atoms with Crippen LogP contribution in [0.3, 0.4) is 0 Å². The van der Waals surface area contributed by atoms with Crippen LogP contribution in [0.4, 0.5) is 13.2 Å². The van der Waals surface area contributed by atoms with Gasteiger partial charge in [0.1, 0.15) is 6.42 Å². The van der Waals surface area contributed by atoms with Crippen molar-refractivity contribution in [2.75, 3.05) is 6.54 Å². The lowest BCUT2D eigenvalue weighted by molar-refractivity contribution is -0.153. The summed E-state index contributed by atoms with van der Waals surface area (Å²) in [6, 6.07) is 5.84. The first kappa shape index (κ1) is 17.4. The van der Waals surface area contributed by atoms with Gasteiger partial charge in [-0.25, -0.2) is 13.6 Å². The largest absolute Gasteiger partial charge is 0.397 e. The molecule has 3 N–H and O–H groups in total. The lowest BCUT2D eigenvalue weighted by atomic mass is 10.1. The summed E-state index contributed by atoms with van der Waals surface area (Å²) in [5.74, 6) is -1.06. The van der Waals surface area contributed by atoms with E-state index in [-0.39, 0.29) is 11.4 Å². The minimum atomic E-state index is -4.51. The molecule has 0 bridgehead atoms. The predicted octanol–water partition coefficient (Wildman–Crippen LogP) is 1.34. The van der Waals surface area contributed by atoms with Crippen molar-refractivity contribution in [3.8, 4) is 0 Å². The summed E-state index contributed by atoms with van der Waals surface area (Å²) in [7, 11) is -3.74. The van der Waals surface area contributed by atoms with Crippen LogP contribution >= 0.6 is 0 Å². The molecule has 0 aliphatic heterocycles. The van der Waals surface area contributed by atoms with Crippen LogP contribution in [0.1, 0.15) is 18.4 Å². The molecule has 1 amide bonds. The maximum atomic E-state index is 11.9. The number of primary sulfonamides is 1. The van der Waals surface area contributed by atoms with Gasteiger partial charge in [-0.05, 0) is 30.5 Å². The fourth-order valence-electron chi connectivity index (χ4n) is 1.61. The number of nitrogens with one attached hydrogen (secondary N) is 1. The van der Waals surface area contributed by atoms with Crippen molar-refractivity contribution in [3.63, 3.8) is 0 Å². The monoisotopic (exact) mass is 324 g/mol. The number of amides is 1. The number of benzene rings is 1. The highest BCUT2D eigenvalue weighted by Crippen LogP contribution is 2.18. The molecule has 9 heteroatoms. The molecule has 0 fully saturated rings. The molecule has 0 aromatic heterocycles. The zero-order valence-electron chi connectivity index (χ0n) is 11.0. The number of hydrogen-bond acceptors (Lipinski definition) is 3. The van der Waals surface area contributed by atoms with E-state index in [9.17, 15) is 26.4 Å². The fourth-order valence-corrected chi connectivity index (χ4v) is 2.13. The third-order valence-corrected chi connectivity index (χ3v) is 3.51. The van der Waals surface area contributed by atoms with Crippen LogP contribution < -0.4 is 10.5 Å². The zero-order chi connectivity index (χ0) is 16.1. The van der Waals surface area contributed by atoms with Crippen molar-refractivity contribution in [2.24, 2.45) is 5.14 Å². The summed E-state index contributed by atoms with van der Waals surface area (Å²) in [6.45, 7) is 0.117. The van der Waals surface area contributed by atoms with Crippen molar-refractivity contribution in [1.29, 1.82) is 0 Å². The lowest BCUT2D eigenvalue weighted by Crippen LogP contribution is -2.29. The molecule has 0 atom stereocenters. The standard InChI is InChI=1S/C12H15F3N2O3S/c13-12(14,15)8-11(18)17-7-1-2-9-3-5-10(6-4-9)21(16,19)20/h3-6H,1-2,7-8H2,(H,17,18)(H2,16,19,20). The molecule has 21 heavy (non-hydrogen) atoms. The average molecular weight is 324 g/mol. The number of aryl methyl sites for hydroxylation is 1. The van der Waals surface area contributed by atoms with Gasteiger partial charge in [-0.3, -0.25) is 4.79 Å². The molecule has 0 heterocycles. The number of hydrogen-bond donors (Lipinski definition) is 2. The Hall–Kier alpha value is -1.61. The van der Waals surface area contributed by atoms with E-state index in [0.717, 1.165) is 5.56 Å². The molecule has 0 radical (unpaired) electrons. The number of alkyl halides is 3. The van der Waals surface area contributed by atoms with Gasteiger partial charge >= 0.3 is 6.18 Å². The highest BCUT2D eigenvalue weighted by Gasteiger charge is 2.30. The molecular formula is C12H15F3N2O3S. The van der Waals surface area contributed by atoms with Gasteiger partial charge in [0.05, 0.1) is 4.90 Å². The van der Waals surface area contributed by atoms with Crippen LogP contribution in [0.5, 0.6) is 0 Å². The van der Waals surface area contributed by atoms with Crippen LogP contribution in [-0.2, 0) is 21.2 Å². The van der Waals surface area contributed by atoms with E-state index >= 15 is 0 Å². The molecule has 0 saturated carbocycles. The van der Waals surface area contributed by atoms with Crippen LogP contribution in [0.2, 0.25) is 0 Å². The second kappa shape index (κ2) is 6.90. The molecule has 0 aliphatic rings. The van der Waals surface area contributed by atoms with E-state index in [0.29, 0.717) is 12.8 Å². The van der Waals surface area contributed by atoms with E-state index in [1.165, 1.54) is 12.1 Å². The van der Waals surface area contributed by atoms with E-state index < -0.39 is 28.5 Å². The predicted molar refractivity (Wildman–Crippen MR) is 69.8 cm³/mol. The van der Waals surface area contributed by atoms with E-state index in [2.05, 4.69) is 5.32 Å². The Kier molecular flexibility index (Phi) is 5.73.